The molecular formula is C19H26N2OS. The van der Waals surface area contributed by atoms with Crippen molar-refractivity contribution in [3.63, 3.8) is 0 Å². The highest BCUT2D eigenvalue weighted by molar-refractivity contribution is 7.98. The van der Waals surface area contributed by atoms with Gasteiger partial charge in [0, 0.05) is 17.0 Å². The number of hydrogen-bond donors (Lipinski definition) is 1. The molecule has 2 aromatic rings. The van der Waals surface area contributed by atoms with Crippen molar-refractivity contribution in [2.24, 2.45) is 5.92 Å². The van der Waals surface area contributed by atoms with Gasteiger partial charge in [-0.2, -0.15) is 0 Å². The Morgan fingerprint density at radius 2 is 1.96 bits per heavy atom. The first-order valence-electron chi connectivity index (χ1n) is 8.15. The molecule has 1 N–H and O–H groups in total. The Labute approximate surface area is 142 Å². The standard InChI is InChI=1S/C19H26N2OS/c1-12(2)6-9-17-15(5)20-19(21-18(17)22)23-11-16-8-7-13(3)10-14(16)4/h7-8,10,12H,6,9,11H2,1-5H3,(H,20,21,22). The molecule has 0 amide bonds. The molecule has 0 saturated heterocycles. The minimum atomic E-state index is 0.0151. The monoisotopic (exact) mass is 330 g/mol. The van der Waals surface area contributed by atoms with Gasteiger partial charge in [-0.3, -0.25) is 4.79 Å². The first-order valence-corrected chi connectivity index (χ1v) is 9.14. The number of aryl methyl sites for hydroxylation is 3. The van der Waals surface area contributed by atoms with E-state index in [1.165, 1.54) is 16.7 Å². The summed E-state index contributed by atoms with van der Waals surface area (Å²) in [7, 11) is 0. The maximum Gasteiger partial charge on any atom is 0.254 e. The van der Waals surface area contributed by atoms with Gasteiger partial charge in [0.05, 0.1) is 0 Å². The summed E-state index contributed by atoms with van der Waals surface area (Å²) in [5.41, 5.74) is 5.54. The van der Waals surface area contributed by atoms with Crippen LogP contribution in [-0.4, -0.2) is 9.97 Å². The van der Waals surface area contributed by atoms with Crippen molar-refractivity contribution < 1.29 is 0 Å². The lowest BCUT2D eigenvalue weighted by Gasteiger charge is -2.09. The van der Waals surface area contributed by atoms with E-state index in [2.05, 4.69) is 55.9 Å². The second-order valence-corrected chi connectivity index (χ2v) is 7.55. The van der Waals surface area contributed by atoms with Crippen molar-refractivity contribution in [1.82, 2.24) is 9.97 Å². The lowest BCUT2D eigenvalue weighted by Crippen LogP contribution is -2.18. The second-order valence-electron chi connectivity index (χ2n) is 6.59. The molecule has 0 fully saturated rings. The van der Waals surface area contributed by atoms with Gasteiger partial charge in [0.25, 0.3) is 5.56 Å². The van der Waals surface area contributed by atoms with E-state index < -0.39 is 0 Å². The fourth-order valence-corrected chi connectivity index (χ4v) is 3.52. The number of H-pyrrole nitrogens is 1. The van der Waals surface area contributed by atoms with Gasteiger partial charge in [0.1, 0.15) is 0 Å². The lowest BCUT2D eigenvalue weighted by molar-refractivity contribution is 0.580. The number of benzene rings is 1. The van der Waals surface area contributed by atoms with Crippen molar-refractivity contribution >= 4 is 11.8 Å². The first kappa shape index (κ1) is 17.8. The van der Waals surface area contributed by atoms with Crippen LogP contribution in [0.4, 0.5) is 0 Å². The van der Waals surface area contributed by atoms with Crippen LogP contribution in [0, 0.1) is 26.7 Å². The highest BCUT2D eigenvalue weighted by Crippen LogP contribution is 2.22. The largest absolute Gasteiger partial charge is 0.301 e. The molecule has 23 heavy (non-hydrogen) atoms. The number of nitrogens with zero attached hydrogens (tertiary/aromatic N) is 1. The number of nitrogens with one attached hydrogen (secondary N) is 1. The molecular weight excluding hydrogens is 304 g/mol. The normalized spacial score (nSPS) is 11.2. The van der Waals surface area contributed by atoms with E-state index in [-0.39, 0.29) is 5.56 Å². The second kappa shape index (κ2) is 7.82. The fraction of sp³-hybridized carbons (Fsp3) is 0.474. The van der Waals surface area contributed by atoms with E-state index in [0.29, 0.717) is 11.1 Å². The molecule has 0 aliphatic heterocycles. The molecule has 0 radical (unpaired) electrons. The Balaban J connectivity index is 2.10. The molecule has 0 bridgehead atoms. The van der Waals surface area contributed by atoms with Crippen LogP contribution in [0.2, 0.25) is 0 Å². The maximum atomic E-state index is 12.3. The number of thioether (sulfide) groups is 1. The Kier molecular flexibility index (Phi) is 6.05. The molecule has 4 heteroatoms. The summed E-state index contributed by atoms with van der Waals surface area (Å²) in [5, 5.41) is 0.709. The Morgan fingerprint density at radius 1 is 1.22 bits per heavy atom. The molecule has 124 valence electrons. The SMILES string of the molecule is Cc1ccc(CSc2nc(C)c(CCC(C)C)c(=O)[nH]2)c(C)c1. The zero-order valence-corrected chi connectivity index (χ0v) is 15.5. The van der Waals surface area contributed by atoms with Crippen LogP contribution in [0.5, 0.6) is 0 Å². The maximum absolute atomic E-state index is 12.3. The van der Waals surface area contributed by atoms with Gasteiger partial charge in [-0.25, -0.2) is 4.98 Å². The first-order chi connectivity index (χ1) is 10.9. The van der Waals surface area contributed by atoms with Gasteiger partial charge in [0.15, 0.2) is 5.16 Å². The predicted molar refractivity (Wildman–Crippen MR) is 98.2 cm³/mol. The minimum Gasteiger partial charge on any atom is -0.301 e. The molecule has 0 atom stereocenters. The smallest absolute Gasteiger partial charge is 0.254 e. The van der Waals surface area contributed by atoms with Crippen molar-refractivity contribution in [3.8, 4) is 0 Å². The highest BCUT2D eigenvalue weighted by atomic mass is 32.2. The molecule has 0 aliphatic carbocycles. The number of hydrogen-bond acceptors (Lipinski definition) is 3. The van der Waals surface area contributed by atoms with Crippen LogP contribution in [0.1, 0.15) is 48.2 Å². The van der Waals surface area contributed by atoms with Gasteiger partial charge >= 0.3 is 0 Å². The fourth-order valence-electron chi connectivity index (χ4n) is 2.53. The molecule has 3 nitrogen and oxygen atoms in total. The third kappa shape index (κ3) is 4.96. The van der Waals surface area contributed by atoms with Crippen molar-refractivity contribution in [2.45, 2.75) is 58.4 Å². The van der Waals surface area contributed by atoms with Gasteiger partial charge < -0.3 is 4.98 Å². The average Bonchev–Trinajstić information content (AvgIpc) is 2.45. The van der Waals surface area contributed by atoms with Crippen LogP contribution in [0.15, 0.2) is 28.2 Å². The third-order valence-corrected chi connectivity index (χ3v) is 4.96. The zero-order valence-electron chi connectivity index (χ0n) is 14.7. The van der Waals surface area contributed by atoms with Crippen LogP contribution >= 0.6 is 11.8 Å². The summed E-state index contributed by atoms with van der Waals surface area (Å²) in [6, 6.07) is 6.46. The topological polar surface area (TPSA) is 45.8 Å². The number of aromatic nitrogens is 2. The molecule has 0 unspecified atom stereocenters. The third-order valence-electron chi connectivity index (χ3n) is 4.03. The van der Waals surface area contributed by atoms with Crippen LogP contribution in [0.25, 0.3) is 0 Å². The molecule has 0 saturated carbocycles. The summed E-state index contributed by atoms with van der Waals surface area (Å²) >= 11 is 1.59. The van der Waals surface area contributed by atoms with E-state index in [1.54, 1.807) is 11.8 Å². The van der Waals surface area contributed by atoms with E-state index in [4.69, 9.17) is 0 Å². The van der Waals surface area contributed by atoms with Crippen LogP contribution in [0.3, 0.4) is 0 Å². The summed E-state index contributed by atoms with van der Waals surface area (Å²) < 4.78 is 0. The summed E-state index contributed by atoms with van der Waals surface area (Å²) in [5.74, 6) is 1.41. The molecule has 2 rings (SSSR count). The van der Waals surface area contributed by atoms with Crippen molar-refractivity contribution in [2.75, 3.05) is 0 Å². The van der Waals surface area contributed by atoms with E-state index in [0.717, 1.165) is 29.9 Å². The minimum absolute atomic E-state index is 0.0151. The van der Waals surface area contributed by atoms with Gasteiger partial charge in [-0.1, -0.05) is 49.4 Å². The number of rotatable bonds is 6. The Morgan fingerprint density at radius 3 is 2.57 bits per heavy atom. The van der Waals surface area contributed by atoms with E-state index in [9.17, 15) is 4.79 Å². The average molecular weight is 330 g/mol. The van der Waals surface area contributed by atoms with Gasteiger partial charge in [0.2, 0.25) is 0 Å². The van der Waals surface area contributed by atoms with Crippen molar-refractivity contribution in [1.29, 1.82) is 0 Å². The Bertz CT molecular complexity index is 735. The van der Waals surface area contributed by atoms with Crippen LogP contribution in [-0.2, 0) is 12.2 Å². The van der Waals surface area contributed by atoms with Crippen LogP contribution < -0.4 is 5.56 Å². The zero-order chi connectivity index (χ0) is 17.0. The highest BCUT2D eigenvalue weighted by Gasteiger charge is 2.10. The van der Waals surface area contributed by atoms with Crippen molar-refractivity contribution in [3.05, 3.63) is 56.5 Å². The predicted octanol–water partition coefficient (Wildman–Crippen LogP) is 4.58. The molecule has 1 aromatic heterocycles. The van der Waals surface area contributed by atoms with Gasteiger partial charge in [-0.15, -0.1) is 0 Å². The molecule has 0 aliphatic rings. The van der Waals surface area contributed by atoms with E-state index in [1.807, 2.05) is 6.92 Å². The lowest BCUT2D eigenvalue weighted by atomic mass is 10.0. The molecule has 1 aromatic carbocycles. The summed E-state index contributed by atoms with van der Waals surface area (Å²) in [6.45, 7) is 10.5. The molecule has 0 spiro atoms. The van der Waals surface area contributed by atoms with Gasteiger partial charge in [-0.05, 0) is 50.7 Å². The number of aromatic amines is 1. The Hall–Kier alpha value is -1.55. The molecule has 1 heterocycles. The quantitative estimate of drug-likeness (QED) is 0.623. The summed E-state index contributed by atoms with van der Waals surface area (Å²) in [6.07, 6.45) is 1.81. The summed E-state index contributed by atoms with van der Waals surface area (Å²) in [4.78, 5) is 19.8. The van der Waals surface area contributed by atoms with E-state index >= 15 is 0 Å².